The van der Waals surface area contributed by atoms with Crippen molar-refractivity contribution < 1.29 is 9.84 Å². The van der Waals surface area contributed by atoms with E-state index < -0.39 is 6.10 Å². The molecule has 0 amide bonds. The summed E-state index contributed by atoms with van der Waals surface area (Å²) in [6.07, 6.45) is 1.99. The number of aryl methyl sites for hydroxylation is 2. The van der Waals surface area contributed by atoms with E-state index in [1.165, 1.54) is 24.0 Å². The first-order valence-corrected chi connectivity index (χ1v) is 8.78. The molecular weight excluding hydrogens is 298 g/mol. The van der Waals surface area contributed by atoms with Gasteiger partial charge in [-0.2, -0.15) is 0 Å². The zero-order valence-electron chi connectivity index (χ0n) is 14.6. The summed E-state index contributed by atoms with van der Waals surface area (Å²) < 4.78 is 5.79. The molecule has 3 rings (SSSR count). The van der Waals surface area contributed by atoms with Gasteiger partial charge >= 0.3 is 0 Å². The molecule has 0 bridgehead atoms. The van der Waals surface area contributed by atoms with E-state index in [4.69, 9.17) is 4.74 Å². The van der Waals surface area contributed by atoms with Gasteiger partial charge in [-0.1, -0.05) is 48.0 Å². The molecule has 1 aliphatic rings. The molecule has 1 N–H and O–H groups in total. The van der Waals surface area contributed by atoms with Crippen LogP contribution in [-0.2, 0) is 6.54 Å². The lowest BCUT2D eigenvalue weighted by atomic mass is 10.1. The molecule has 3 nitrogen and oxygen atoms in total. The lowest BCUT2D eigenvalue weighted by Crippen LogP contribution is -2.36. The van der Waals surface area contributed by atoms with E-state index in [9.17, 15) is 5.11 Å². The molecule has 0 radical (unpaired) electrons. The lowest BCUT2D eigenvalue weighted by Gasteiger charge is -2.25. The van der Waals surface area contributed by atoms with Crippen LogP contribution in [-0.4, -0.2) is 35.3 Å². The second-order valence-electron chi connectivity index (χ2n) is 6.88. The molecule has 2 aromatic rings. The summed E-state index contributed by atoms with van der Waals surface area (Å²) in [5, 5.41) is 10.4. The first-order chi connectivity index (χ1) is 11.6. The number of para-hydroxylation sites is 1. The highest BCUT2D eigenvalue weighted by molar-refractivity contribution is 5.31. The fraction of sp³-hybridized carbons (Fsp3) is 0.429. The van der Waals surface area contributed by atoms with E-state index in [0.717, 1.165) is 17.9 Å². The fourth-order valence-corrected chi connectivity index (χ4v) is 3.06. The molecule has 24 heavy (non-hydrogen) atoms. The number of rotatable bonds is 8. The summed E-state index contributed by atoms with van der Waals surface area (Å²) >= 11 is 0. The highest BCUT2D eigenvalue weighted by atomic mass is 16.5. The topological polar surface area (TPSA) is 32.7 Å². The van der Waals surface area contributed by atoms with E-state index in [1.54, 1.807) is 0 Å². The number of hydrogen-bond donors (Lipinski definition) is 1. The van der Waals surface area contributed by atoms with Gasteiger partial charge in [0.1, 0.15) is 18.5 Å². The summed E-state index contributed by atoms with van der Waals surface area (Å²) in [7, 11) is 0. The van der Waals surface area contributed by atoms with Gasteiger partial charge in [0.25, 0.3) is 0 Å². The van der Waals surface area contributed by atoms with Crippen molar-refractivity contribution in [2.75, 3.05) is 13.2 Å². The minimum Gasteiger partial charge on any atom is -0.491 e. The minimum absolute atomic E-state index is 0.335. The SMILES string of the molecule is Cc1cccc(CN(CC(O)COc2ccccc2C)C2CC2)c1. The van der Waals surface area contributed by atoms with Crippen LogP contribution in [0.4, 0.5) is 0 Å². The molecule has 1 fully saturated rings. The number of benzene rings is 2. The summed E-state index contributed by atoms with van der Waals surface area (Å²) in [5.41, 5.74) is 3.70. The number of nitrogens with zero attached hydrogens (tertiary/aromatic N) is 1. The van der Waals surface area contributed by atoms with Crippen LogP contribution in [0, 0.1) is 13.8 Å². The first-order valence-electron chi connectivity index (χ1n) is 8.78. The quantitative estimate of drug-likeness (QED) is 0.803. The molecule has 2 aromatic carbocycles. The van der Waals surface area contributed by atoms with Crippen LogP contribution in [0.2, 0.25) is 0 Å². The van der Waals surface area contributed by atoms with Gasteiger partial charge in [0, 0.05) is 19.1 Å². The van der Waals surface area contributed by atoms with E-state index >= 15 is 0 Å². The Labute approximate surface area is 144 Å². The van der Waals surface area contributed by atoms with Gasteiger partial charge in [0.15, 0.2) is 0 Å². The Hall–Kier alpha value is -1.84. The molecule has 1 aliphatic carbocycles. The molecule has 1 unspecified atom stereocenters. The third-order valence-corrected chi connectivity index (χ3v) is 4.50. The van der Waals surface area contributed by atoms with Gasteiger partial charge in [-0.3, -0.25) is 4.90 Å². The molecule has 3 heteroatoms. The van der Waals surface area contributed by atoms with E-state index in [-0.39, 0.29) is 0 Å². The summed E-state index contributed by atoms with van der Waals surface area (Å²) in [4.78, 5) is 2.39. The third kappa shape index (κ3) is 4.83. The number of aliphatic hydroxyl groups is 1. The van der Waals surface area contributed by atoms with E-state index in [2.05, 4.69) is 36.1 Å². The normalized spacial score (nSPS) is 15.5. The maximum atomic E-state index is 10.4. The first kappa shape index (κ1) is 17.0. The molecule has 0 heterocycles. The monoisotopic (exact) mass is 325 g/mol. The molecular formula is C21H27NO2. The van der Waals surface area contributed by atoms with Crippen molar-refractivity contribution in [2.45, 2.75) is 45.4 Å². The van der Waals surface area contributed by atoms with Gasteiger partial charge in [0.2, 0.25) is 0 Å². The van der Waals surface area contributed by atoms with Crippen molar-refractivity contribution in [3.63, 3.8) is 0 Å². The highest BCUT2D eigenvalue weighted by Crippen LogP contribution is 2.28. The molecule has 0 aliphatic heterocycles. The average molecular weight is 325 g/mol. The van der Waals surface area contributed by atoms with Gasteiger partial charge in [0.05, 0.1) is 0 Å². The Morgan fingerprint density at radius 2 is 1.92 bits per heavy atom. The molecule has 0 aromatic heterocycles. The summed E-state index contributed by atoms with van der Waals surface area (Å²) in [6, 6.07) is 17.2. The van der Waals surface area contributed by atoms with Gasteiger partial charge in [-0.15, -0.1) is 0 Å². The summed E-state index contributed by atoms with van der Waals surface area (Å²) in [5.74, 6) is 0.855. The largest absolute Gasteiger partial charge is 0.491 e. The second kappa shape index (κ2) is 7.82. The van der Waals surface area contributed by atoms with Gasteiger partial charge < -0.3 is 9.84 Å². The van der Waals surface area contributed by atoms with Crippen molar-refractivity contribution in [1.29, 1.82) is 0 Å². The zero-order valence-corrected chi connectivity index (χ0v) is 14.6. The summed E-state index contributed by atoms with van der Waals surface area (Å²) in [6.45, 7) is 6.03. The van der Waals surface area contributed by atoms with Gasteiger partial charge in [-0.05, 0) is 43.9 Å². The predicted octanol–water partition coefficient (Wildman–Crippen LogP) is 3.71. The third-order valence-electron chi connectivity index (χ3n) is 4.50. The molecule has 128 valence electrons. The molecule has 1 atom stereocenters. The maximum absolute atomic E-state index is 10.4. The van der Waals surface area contributed by atoms with E-state index in [0.29, 0.717) is 19.2 Å². The fourth-order valence-electron chi connectivity index (χ4n) is 3.06. The van der Waals surface area contributed by atoms with Crippen LogP contribution >= 0.6 is 0 Å². The van der Waals surface area contributed by atoms with Crippen LogP contribution in [0.3, 0.4) is 0 Å². The van der Waals surface area contributed by atoms with Crippen molar-refractivity contribution in [1.82, 2.24) is 4.90 Å². The Kier molecular flexibility index (Phi) is 5.54. The van der Waals surface area contributed by atoms with Crippen molar-refractivity contribution in [3.05, 3.63) is 65.2 Å². The number of ether oxygens (including phenoxy) is 1. The van der Waals surface area contributed by atoms with Crippen LogP contribution in [0.25, 0.3) is 0 Å². The lowest BCUT2D eigenvalue weighted by molar-refractivity contribution is 0.0624. The maximum Gasteiger partial charge on any atom is 0.122 e. The van der Waals surface area contributed by atoms with Crippen molar-refractivity contribution >= 4 is 0 Å². The van der Waals surface area contributed by atoms with Crippen LogP contribution < -0.4 is 4.74 Å². The van der Waals surface area contributed by atoms with Gasteiger partial charge in [-0.25, -0.2) is 0 Å². The standard InChI is InChI=1S/C21H27NO2/c1-16-6-5-8-18(12-16)13-22(19-10-11-19)14-20(23)15-24-21-9-4-3-7-17(21)2/h3-9,12,19-20,23H,10-11,13-15H2,1-2H3. The number of hydrogen-bond acceptors (Lipinski definition) is 3. The average Bonchev–Trinajstić information content (AvgIpc) is 3.38. The zero-order chi connectivity index (χ0) is 16.9. The van der Waals surface area contributed by atoms with Crippen LogP contribution in [0.5, 0.6) is 5.75 Å². The predicted molar refractivity (Wildman–Crippen MR) is 97.3 cm³/mol. The van der Waals surface area contributed by atoms with Crippen molar-refractivity contribution in [3.8, 4) is 5.75 Å². The van der Waals surface area contributed by atoms with Crippen LogP contribution in [0.15, 0.2) is 48.5 Å². The molecule has 1 saturated carbocycles. The Morgan fingerprint density at radius 1 is 1.12 bits per heavy atom. The number of aliphatic hydroxyl groups excluding tert-OH is 1. The van der Waals surface area contributed by atoms with E-state index in [1.807, 2.05) is 31.2 Å². The Morgan fingerprint density at radius 3 is 2.62 bits per heavy atom. The smallest absolute Gasteiger partial charge is 0.122 e. The highest BCUT2D eigenvalue weighted by Gasteiger charge is 2.30. The van der Waals surface area contributed by atoms with Crippen LogP contribution in [0.1, 0.15) is 29.5 Å². The molecule has 0 saturated heterocycles. The van der Waals surface area contributed by atoms with Crippen molar-refractivity contribution in [2.24, 2.45) is 0 Å². The Balaban J connectivity index is 1.54. The minimum atomic E-state index is -0.477. The Bertz CT molecular complexity index is 666. The second-order valence-corrected chi connectivity index (χ2v) is 6.88. The molecule has 0 spiro atoms.